The lowest BCUT2D eigenvalue weighted by Gasteiger charge is -2.32. The molecule has 0 bridgehead atoms. The third kappa shape index (κ3) is 4.63. The highest BCUT2D eigenvalue weighted by Crippen LogP contribution is 2.39. The van der Waals surface area contributed by atoms with E-state index in [2.05, 4.69) is 122 Å². The molecule has 1 aliphatic heterocycles. The molecule has 38 heavy (non-hydrogen) atoms. The Hall–Kier alpha value is -2.82. The molecule has 0 aliphatic carbocycles. The molecular formula is C34H41BO3. The summed E-state index contributed by atoms with van der Waals surface area (Å²) in [5.41, 5.74) is 4.14. The molecule has 0 radical (unpaired) electrons. The quantitative estimate of drug-likeness (QED) is 0.248. The van der Waals surface area contributed by atoms with Gasteiger partial charge in [0.1, 0.15) is 5.75 Å². The summed E-state index contributed by atoms with van der Waals surface area (Å²) >= 11 is 0. The van der Waals surface area contributed by atoms with Crippen molar-refractivity contribution in [3.05, 3.63) is 83.4 Å². The lowest BCUT2D eigenvalue weighted by Crippen LogP contribution is -2.41. The molecule has 1 saturated heterocycles. The largest absolute Gasteiger partial charge is 0.496 e. The Morgan fingerprint density at radius 1 is 0.816 bits per heavy atom. The van der Waals surface area contributed by atoms with E-state index >= 15 is 0 Å². The Kier molecular flexibility index (Phi) is 6.64. The second-order valence-corrected chi connectivity index (χ2v) is 12.8. The van der Waals surface area contributed by atoms with Gasteiger partial charge in [-0.15, -0.1) is 0 Å². The van der Waals surface area contributed by atoms with Crippen LogP contribution in [-0.2, 0) is 21.1 Å². The fourth-order valence-electron chi connectivity index (χ4n) is 5.88. The molecule has 1 heterocycles. The predicted octanol–water partition coefficient (Wildman–Crippen LogP) is 7.94. The van der Waals surface area contributed by atoms with Gasteiger partial charge in [-0.1, -0.05) is 88.4 Å². The smallest absolute Gasteiger partial charge is 0.494 e. The van der Waals surface area contributed by atoms with Gasteiger partial charge in [0.05, 0.1) is 18.3 Å². The molecule has 4 heteroatoms. The van der Waals surface area contributed by atoms with Crippen LogP contribution in [-0.4, -0.2) is 25.4 Å². The van der Waals surface area contributed by atoms with Gasteiger partial charge in [-0.2, -0.15) is 0 Å². The van der Waals surface area contributed by atoms with Crippen molar-refractivity contribution in [3.63, 3.8) is 0 Å². The van der Waals surface area contributed by atoms with Gasteiger partial charge in [0.15, 0.2) is 0 Å². The average Bonchev–Trinajstić information content (AvgIpc) is 3.08. The molecule has 0 atom stereocenters. The lowest BCUT2D eigenvalue weighted by molar-refractivity contribution is 0.00578. The number of fused-ring (bicyclic) bond motifs is 2. The Labute approximate surface area is 228 Å². The van der Waals surface area contributed by atoms with E-state index in [-0.39, 0.29) is 23.7 Å². The molecule has 5 rings (SSSR count). The van der Waals surface area contributed by atoms with E-state index in [1.807, 2.05) is 0 Å². The highest BCUT2D eigenvalue weighted by atomic mass is 16.7. The van der Waals surface area contributed by atoms with Crippen LogP contribution < -0.4 is 10.2 Å². The first-order valence-electron chi connectivity index (χ1n) is 13.8. The molecule has 1 fully saturated rings. The monoisotopic (exact) mass is 508 g/mol. The van der Waals surface area contributed by atoms with Gasteiger partial charge in [-0.3, -0.25) is 0 Å². The van der Waals surface area contributed by atoms with E-state index in [0.29, 0.717) is 5.92 Å². The van der Waals surface area contributed by atoms with Crippen LogP contribution in [0.15, 0.2) is 66.7 Å². The number of hydrogen-bond acceptors (Lipinski definition) is 3. The lowest BCUT2D eigenvalue weighted by atomic mass is 9.71. The van der Waals surface area contributed by atoms with Gasteiger partial charge in [0, 0.05) is 5.56 Å². The number of ether oxygens (including phenoxy) is 1. The van der Waals surface area contributed by atoms with Crippen molar-refractivity contribution < 1.29 is 14.0 Å². The van der Waals surface area contributed by atoms with E-state index < -0.39 is 0 Å². The van der Waals surface area contributed by atoms with E-state index in [4.69, 9.17) is 14.0 Å². The van der Waals surface area contributed by atoms with Crippen molar-refractivity contribution in [1.29, 1.82) is 0 Å². The number of rotatable bonds is 6. The van der Waals surface area contributed by atoms with Crippen LogP contribution in [0.1, 0.15) is 78.0 Å². The molecule has 198 valence electrons. The normalized spacial score (nSPS) is 17.1. The fraction of sp³-hybridized carbons (Fsp3) is 0.412. The first-order valence-corrected chi connectivity index (χ1v) is 13.8. The predicted molar refractivity (Wildman–Crippen MR) is 161 cm³/mol. The molecule has 0 spiro atoms. The van der Waals surface area contributed by atoms with Crippen LogP contribution in [0.5, 0.6) is 5.75 Å². The van der Waals surface area contributed by atoms with E-state index in [0.717, 1.165) is 17.6 Å². The number of hydrogen-bond donors (Lipinski definition) is 0. The second-order valence-electron chi connectivity index (χ2n) is 12.8. The van der Waals surface area contributed by atoms with Crippen LogP contribution in [0.25, 0.3) is 21.5 Å². The Bertz CT molecular complexity index is 1480. The minimum Gasteiger partial charge on any atom is -0.496 e. The van der Waals surface area contributed by atoms with Gasteiger partial charge >= 0.3 is 7.12 Å². The van der Waals surface area contributed by atoms with Crippen LogP contribution in [0.3, 0.4) is 0 Å². The molecule has 0 saturated carbocycles. The topological polar surface area (TPSA) is 27.7 Å². The minimum absolute atomic E-state index is 0.111. The maximum absolute atomic E-state index is 6.45. The molecule has 0 amide bonds. The van der Waals surface area contributed by atoms with Crippen molar-refractivity contribution in [2.75, 3.05) is 7.11 Å². The summed E-state index contributed by atoms with van der Waals surface area (Å²) in [7, 11) is 1.37. The second kappa shape index (κ2) is 9.43. The molecular weight excluding hydrogens is 467 g/mol. The minimum atomic E-state index is -0.385. The fourth-order valence-corrected chi connectivity index (χ4v) is 5.88. The molecule has 0 unspecified atom stereocenters. The molecule has 3 nitrogen and oxygen atoms in total. The van der Waals surface area contributed by atoms with Gasteiger partial charge in [-0.05, 0) is 89.6 Å². The number of benzene rings is 4. The van der Waals surface area contributed by atoms with E-state index in [1.54, 1.807) is 7.11 Å². The molecule has 4 aromatic rings. The zero-order chi connectivity index (χ0) is 27.5. The van der Waals surface area contributed by atoms with Gasteiger partial charge in [0.25, 0.3) is 0 Å². The molecule has 1 aliphatic rings. The van der Waals surface area contributed by atoms with E-state index in [9.17, 15) is 0 Å². The first-order chi connectivity index (χ1) is 17.8. The molecule has 0 aromatic heterocycles. The van der Waals surface area contributed by atoms with Gasteiger partial charge in [-0.25, -0.2) is 0 Å². The zero-order valence-corrected chi connectivity index (χ0v) is 24.4. The van der Waals surface area contributed by atoms with Crippen LogP contribution in [0, 0.1) is 0 Å². The third-order valence-electron chi connectivity index (χ3n) is 8.67. The standard InChI is InChI=1S/C34H41BO3/c1-22(2)31-28-16-14-23(18-25(28)15-17-30(31)36-9)21-32(3,4)29-20-26(19-24-12-10-11-13-27(24)29)35-37-33(5,6)34(7,8)38-35/h10-20,22H,21H2,1-9H3. The van der Waals surface area contributed by atoms with Crippen molar-refractivity contribution in [3.8, 4) is 5.75 Å². The van der Waals surface area contributed by atoms with Crippen molar-refractivity contribution >= 4 is 34.1 Å². The van der Waals surface area contributed by atoms with Crippen molar-refractivity contribution in [1.82, 2.24) is 0 Å². The summed E-state index contributed by atoms with van der Waals surface area (Å²) in [5, 5.41) is 5.04. The van der Waals surface area contributed by atoms with Crippen molar-refractivity contribution in [2.24, 2.45) is 0 Å². The van der Waals surface area contributed by atoms with Crippen LogP contribution >= 0.6 is 0 Å². The summed E-state index contributed by atoms with van der Waals surface area (Å²) in [5.74, 6) is 1.35. The summed E-state index contributed by atoms with van der Waals surface area (Å²) in [4.78, 5) is 0. The molecule has 0 N–H and O–H groups in total. The highest BCUT2D eigenvalue weighted by molar-refractivity contribution is 6.62. The highest BCUT2D eigenvalue weighted by Gasteiger charge is 2.52. The van der Waals surface area contributed by atoms with Crippen LogP contribution in [0.4, 0.5) is 0 Å². The first kappa shape index (κ1) is 26.8. The summed E-state index contributed by atoms with van der Waals surface area (Å²) in [6.07, 6.45) is 0.919. The maximum atomic E-state index is 6.45. The van der Waals surface area contributed by atoms with Crippen molar-refractivity contribution in [2.45, 2.75) is 84.3 Å². The zero-order valence-electron chi connectivity index (χ0n) is 24.4. The van der Waals surface area contributed by atoms with Crippen LogP contribution in [0.2, 0.25) is 0 Å². The summed E-state index contributed by atoms with van der Waals surface area (Å²) in [6.45, 7) is 17.6. The van der Waals surface area contributed by atoms with E-state index in [1.165, 1.54) is 38.2 Å². The summed E-state index contributed by atoms with van der Waals surface area (Å²) in [6, 6.07) is 24.4. The maximum Gasteiger partial charge on any atom is 0.494 e. The Morgan fingerprint density at radius 2 is 1.47 bits per heavy atom. The van der Waals surface area contributed by atoms with Gasteiger partial charge < -0.3 is 14.0 Å². The SMILES string of the molecule is COc1ccc2cc(CC(C)(C)c3cc(B4OC(C)(C)C(C)(C)O4)cc4ccccc34)ccc2c1C(C)C. The average molecular weight is 509 g/mol. The van der Waals surface area contributed by atoms with Gasteiger partial charge in [0.2, 0.25) is 0 Å². The third-order valence-corrected chi connectivity index (χ3v) is 8.67. The summed E-state index contributed by atoms with van der Waals surface area (Å²) < 4.78 is 18.6. The Balaban J connectivity index is 1.55. The molecule has 4 aromatic carbocycles. The Morgan fingerprint density at radius 3 is 2.13 bits per heavy atom. The number of methoxy groups -OCH3 is 1.